The van der Waals surface area contributed by atoms with E-state index in [1.165, 1.54) is 6.20 Å². The van der Waals surface area contributed by atoms with Gasteiger partial charge in [-0.15, -0.1) is 0 Å². The first kappa shape index (κ1) is 20.2. The van der Waals surface area contributed by atoms with Crippen LogP contribution in [0.2, 0.25) is 5.02 Å². The van der Waals surface area contributed by atoms with Crippen LogP contribution >= 0.6 is 11.6 Å². The number of aromatic amines is 1. The van der Waals surface area contributed by atoms with Crippen LogP contribution in [0, 0.1) is 0 Å². The molecule has 1 aliphatic carbocycles. The largest absolute Gasteiger partial charge is 0.444 e. The summed E-state index contributed by atoms with van der Waals surface area (Å²) in [7, 11) is 1.59. The molecule has 1 saturated heterocycles. The van der Waals surface area contributed by atoms with E-state index in [0.717, 1.165) is 25.7 Å². The molecule has 4 N–H and O–H groups in total. The van der Waals surface area contributed by atoms with Gasteiger partial charge in [0.2, 0.25) is 0 Å². The molecule has 0 radical (unpaired) electrons. The second-order valence-electron chi connectivity index (χ2n) is 7.08. The zero-order valence-electron chi connectivity index (χ0n) is 15.7. The lowest BCUT2D eigenvalue weighted by Crippen LogP contribution is -2.46. The van der Waals surface area contributed by atoms with Crippen molar-refractivity contribution in [2.45, 2.75) is 50.3 Å². The van der Waals surface area contributed by atoms with Crippen molar-refractivity contribution in [2.75, 3.05) is 25.0 Å². The lowest BCUT2D eigenvalue weighted by atomic mass is 9.91. The van der Waals surface area contributed by atoms with Gasteiger partial charge in [-0.25, -0.2) is 14.7 Å². The van der Waals surface area contributed by atoms with E-state index < -0.39 is 11.7 Å². The highest BCUT2D eigenvalue weighted by atomic mass is 35.5. The minimum Gasteiger partial charge on any atom is -0.444 e. The number of nitrogens with zero attached hydrogens (tertiary/aromatic N) is 2. The van der Waals surface area contributed by atoms with Gasteiger partial charge in [0, 0.05) is 32.1 Å². The third-order valence-electron chi connectivity index (χ3n) is 5.15. The number of hydrogen-bond donors (Lipinski definition) is 4. The smallest absolute Gasteiger partial charge is 0.407 e. The monoisotopic (exact) mass is 412 g/mol. The number of H-pyrrole nitrogens is 1. The summed E-state index contributed by atoms with van der Waals surface area (Å²) in [4.78, 5) is 37.0. The normalized spacial score (nSPS) is 24.5. The number of amides is 3. The van der Waals surface area contributed by atoms with E-state index in [2.05, 4.69) is 26.1 Å². The van der Waals surface area contributed by atoms with Crippen LogP contribution in [0.25, 0.3) is 0 Å². The molecular weight excluding hydrogens is 388 g/mol. The highest BCUT2D eigenvalue weighted by molar-refractivity contribution is 6.33. The van der Waals surface area contributed by atoms with Gasteiger partial charge in [-0.05, 0) is 25.7 Å². The molecule has 2 aliphatic rings. The molecular formula is C17H25ClN6O4. The molecule has 154 valence electrons. The first-order valence-corrected chi connectivity index (χ1v) is 9.77. The molecule has 3 amide bonds. The van der Waals surface area contributed by atoms with Gasteiger partial charge in [-0.3, -0.25) is 4.79 Å². The summed E-state index contributed by atoms with van der Waals surface area (Å²) in [5.74, 6) is 0. The first-order valence-electron chi connectivity index (χ1n) is 9.39. The number of halogens is 1. The van der Waals surface area contributed by atoms with Gasteiger partial charge in [-0.1, -0.05) is 11.6 Å². The Hall–Kier alpha value is -2.49. The number of carbonyl (C=O) groups is 2. The van der Waals surface area contributed by atoms with Crippen LogP contribution in [-0.2, 0) is 4.74 Å². The Morgan fingerprint density at radius 1 is 1.21 bits per heavy atom. The summed E-state index contributed by atoms with van der Waals surface area (Å²) in [5.41, 5.74) is 0.0988. The molecule has 0 unspecified atom stereocenters. The average molecular weight is 413 g/mol. The quantitative estimate of drug-likeness (QED) is 0.583. The highest BCUT2D eigenvalue weighted by Gasteiger charge is 2.29. The van der Waals surface area contributed by atoms with Crippen LogP contribution in [0.5, 0.6) is 0 Å². The predicted molar refractivity (Wildman–Crippen MR) is 104 cm³/mol. The number of urea groups is 1. The first-order chi connectivity index (χ1) is 13.5. The topological polar surface area (TPSA) is 128 Å². The van der Waals surface area contributed by atoms with Gasteiger partial charge in [0.15, 0.2) is 0 Å². The van der Waals surface area contributed by atoms with Crippen LogP contribution in [0.15, 0.2) is 11.0 Å². The van der Waals surface area contributed by atoms with Crippen LogP contribution in [0.1, 0.15) is 32.1 Å². The maximum atomic E-state index is 12.2. The van der Waals surface area contributed by atoms with Crippen LogP contribution in [0.3, 0.4) is 0 Å². The van der Waals surface area contributed by atoms with Gasteiger partial charge >= 0.3 is 12.1 Å². The summed E-state index contributed by atoms with van der Waals surface area (Å²) in [6.45, 7) is 1.08. The molecule has 11 heteroatoms. The van der Waals surface area contributed by atoms with Crippen molar-refractivity contribution >= 4 is 29.4 Å². The molecule has 0 bridgehead atoms. The summed E-state index contributed by atoms with van der Waals surface area (Å²) in [5, 5.41) is 14.5. The van der Waals surface area contributed by atoms with Crippen molar-refractivity contribution in [1.29, 1.82) is 0 Å². The zero-order valence-corrected chi connectivity index (χ0v) is 16.4. The lowest BCUT2D eigenvalue weighted by molar-refractivity contribution is 0.102. The van der Waals surface area contributed by atoms with Crippen molar-refractivity contribution in [1.82, 2.24) is 26.1 Å². The van der Waals surface area contributed by atoms with E-state index in [-0.39, 0.29) is 29.2 Å². The number of hydrogen-bond acceptors (Lipinski definition) is 6. The number of aromatic nitrogens is 2. The predicted octanol–water partition coefficient (Wildman–Crippen LogP) is 0.968. The Labute approximate surface area is 167 Å². The molecule has 0 aromatic carbocycles. The number of anilines is 1. The Morgan fingerprint density at radius 2 is 1.89 bits per heavy atom. The SMILES string of the molecule is CNC(=O)NC1CCC(NC(=O)O[C@@H]2CCN(c3cn[nH]c(=O)c3Cl)C2)CC1. The minimum atomic E-state index is -0.442. The van der Waals surface area contributed by atoms with E-state index in [9.17, 15) is 14.4 Å². The number of alkyl carbamates (subject to hydrolysis) is 1. The molecule has 10 nitrogen and oxygen atoms in total. The molecule has 1 aromatic heterocycles. The van der Waals surface area contributed by atoms with Gasteiger partial charge in [0.1, 0.15) is 11.1 Å². The minimum absolute atomic E-state index is 0.0408. The summed E-state index contributed by atoms with van der Waals surface area (Å²) in [6.07, 6.45) is 4.62. The maximum absolute atomic E-state index is 12.2. The molecule has 3 rings (SSSR count). The van der Waals surface area contributed by atoms with Crippen molar-refractivity contribution in [2.24, 2.45) is 0 Å². The molecule has 1 aromatic rings. The van der Waals surface area contributed by atoms with E-state index in [0.29, 0.717) is 25.2 Å². The zero-order chi connectivity index (χ0) is 20.1. The molecule has 2 heterocycles. The van der Waals surface area contributed by atoms with Gasteiger partial charge in [-0.2, -0.15) is 5.10 Å². The Morgan fingerprint density at radius 3 is 2.57 bits per heavy atom. The number of nitrogens with one attached hydrogen (secondary N) is 4. The van der Waals surface area contributed by atoms with Crippen LogP contribution in [-0.4, -0.2) is 60.6 Å². The fraction of sp³-hybridized carbons (Fsp3) is 0.647. The third kappa shape index (κ3) is 5.06. The van der Waals surface area contributed by atoms with E-state index in [1.807, 2.05) is 4.90 Å². The second-order valence-corrected chi connectivity index (χ2v) is 7.45. The highest BCUT2D eigenvalue weighted by Crippen LogP contribution is 2.26. The average Bonchev–Trinajstić information content (AvgIpc) is 3.13. The van der Waals surface area contributed by atoms with Crippen molar-refractivity contribution in [3.8, 4) is 0 Å². The second kappa shape index (κ2) is 9.13. The summed E-state index contributed by atoms with van der Waals surface area (Å²) >= 11 is 6.03. The van der Waals surface area contributed by atoms with Crippen molar-refractivity contribution in [3.63, 3.8) is 0 Å². The lowest BCUT2D eigenvalue weighted by Gasteiger charge is -2.29. The molecule has 28 heavy (non-hydrogen) atoms. The maximum Gasteiger partial charge on any atom is 0.407 e. The standard InChI is InChI=1S/C17H25ClN6O4/c1-19-16(26)21-10-2-4-11(5-3-10)22-17(27)28-12-6-7-24(9-12)13-8-20-23-15(25)14(13)18/h8,10-12H,2-7,9H2,1H3,(H,22,27)(H,23,25)(H2,19,21,26)/t10?,11?,12-/m1/s1. The van der Waals surface area contributed by atoms with Crippen LogP contribution in [0.4, 0.5) is 15.3 Å². The molecule has 1 aliphatic heterocycles. The molecule has 0 spiro atoms. The van der Waals surface area contributed by atoms with E-state index >= 15 is 0 Å². The van der Waals surface area contributed by atoms with Crippen molar-refractivity contribution in [3.05, 3.63) is 21.6 Å². The third-order valence-corrected chi connectivity index (χ3v) is 5.51. The Bertz CT molecular complexity index is 764. The van der Waals surface area contributed by atoms with Gasteiger partial charge in [0.05, 0.1) is 18.4 Å². The molecule has 1 atom stereocenters. The number of carbonyl (C=O) groups excluding carboxylic acids is 2. The molecule has 1 saturated carbocycles. The van der Waals surface area contributed by atoms with Crippen LogP contribution < -0.4 is 26.4 Å². The van der Waals surface area contributed by atoms with Gasteiger partial charge in [0.25, 0.3) is 5.56 Å². The fourth-order valence-corrected chi connectivity index (χ4v) is 3.84. The Kier molecular flexibility index (Phi) is 6.61. The Balaban J connectivity index is 1.42. The van der Waals surface area contributed by atoms with Crippen molar-refractivity contribution < 1.29 is 14.3 Å². The van der Waals surface area contributed by atoms with E-state index in [4.69, 9.17) is 16.3 Å². The fourth-order valence-electron chi connectivity index (χ4n) is 3.63. The van der Waals surface area contributed by atoms with E-state index in [1.54, 1.807) is 7.05 Å². The molecule has 2 fully saturated rings. The summed E-state index contributed by atoms with van der Waals surface area (Å²) in [6, 6.07) is -0.0128. The number of rotatable bonds is 4. The van der Waals surface area contributed by atoms with Gasteiger partial charge < -0.3 is 25.6 Å². The summed E-state index contributed by atoms with van der Waals surface area (Å²) < 4.78 is 5.52. The number of ether oxygens (including phenoxy) is 1.